The molecule has 1 unspecified atom stereocenters. The molecule has 2 aromatic carbocycles. The molecule has 0 bridgehead atoms. The second kappa shape index (κ2) is 5.86. The number of aliphatic hydroxyl groups is 1. The first-order valence-electron chi connectivity index (χ1n) is 7.30. The van der Waals surface area contributed by atoms with Gasteiger partial charge in [0.15, 0.2) is 11.6 Å². The first kappa shape index (κ1) is 14.1. The minimum atomic E-state index is -0.697. The van der Waals surface area contributed by atoms with E-state index in [1.54, 1.807) is 18.2 Å². The molecule has 1 N–H and O–H groups in total. The van der Waals surface area contributed by atoms with Crippen molar-refractivity contribution in [2.45, 2.75) is 31.8 Å². The summed E-state index contributed by atoms with van der Waals surface area (Å²) in [6, 6.07) is 11.1. The van der Waals surface area contributed by atoms with E-state index in [4.69, 9.17) is 4.74 Å². The summed E-state index contributed by atoms with van der Waals surface area (Å²) in [5.41, 5.74) is 4.02. The number of aryl methyl sites for hydroxylation is 2. The van der Waals surface area contributed by atoms with Crippen molar-refractivity contribution in [3.05, 3.63) is 64.5 Å². The fourth-order valence-electron chi connectivity index (χ4n) is 3.00. The van der Waals surface area contributed by atoms with E-state index in [0.717, 1.165) is 18.4 Å². The lowest BCUT2D eigenvalue weighted by Crippen LogP contribution is -2.05. The molecule has 1 aliphatic rings. The molecular formula is C18H19FO2. The summed E-state index contributed by atoms with van der Waals surface area (Å²) in [7, 11) is 1.44. The van der Waals surface area contributed by atoms with Crippen LogP contribution in [0, 0.1) is 5.82 Å². The number of methoxy groups -OCH3 is 1. The van der Waals surface area contributed by atoms with Crippen LogP contribution in [0.15, 0.2) is 36.4 Å². The molecule has 2 nitrogen and oxygen atoms in total. The average molecular weight is 286 g/mol. The quantitative estimate of drug-likeness (QED) is 0.930. The zero-order valence-corrected chi connectivity index (χ0v) is 12.1. The molecule has 110 valence electrons. The maximum atomic E-state index is 14.1. The van der Waals surface area contributed by atoms with Crippen molar-refractivity contribution in [3.63, 3.8) is 0 Å². The summed E-state index contributed by atoms with van der Waals surface area (Å²) in [5.74, 6) is -0.172. The number of fused-ring (bicyclic) bond motifs is 1. The van der Waals surface area contributed by atoms with Crippen LogP contribution >= 0.6 is 0 Å². The fourth-order valence-corrected chi connectivity index (χ4v) is 3.00. The maximum Gasteiger partial charge on any atom is 0.168 e. The molecule has 0 fully saturated rings. The Kier molecular flexibility index (Phi) is 3.93. The van der Waals surface area contributed by atoms with Gasteiger partial charge in [-0.2, -0.15) is 0 Å². The van der Waals surface area contributed by atoms with E-state index in [9.17, 15) is 9.50 Å². The highest BCUT2D eigenvalue weighted by Gasteiger charge is 2.17. The molecule has 0 aromatic heterocycles. The smallest absolute Gasteiger partial charge is 0.168 e. The van der Waals surface area contributed by atoms with Gasteiger partial charge in [-0.05, 0) is 47.6 Å². The largest absolute Gasteiger partial charge is 0.494 e. The van der Waals surface area contributed by atoms with Crippen molar-refractivity contribution in [1.29, 1.82) is 0 Å². The van der Waals surface area contributed by atoms with Crippen LogP contribution in [0.2, 0.25) is 0 Å². The number of halogens is 1. The van der Waals surface area contributed by atoms with Gasteiger partial charge in [0, 0.05) is 6.42 Å². The second-order valence-electron chi connectivity index (χ2n) is 5.54. The molecule has 0 amide bonds. The molecule has 0 saturated heterocycles. The van der Waals surface area contributed by atoms with Crippen molar-refractivity contribution < 1.29 is 14.2 Å². The van der Waals surface area contributed by atoms with Gasteiger partial charge in [-0.15, -0.1) is 0 Å². The molecule has 3 rings (SSSR count). The summed E-state index contributed by atoms with van der Waals surface area (Å²) >= 11 is 0. The number of aliphatic hydroxyl groups excluding tert-OH is 1. The van der Waals surface area contributed by atoms with Crippen LogP contribution in [-0.4, -0.2) is 12.2 Å². The Bertz CT molecular complexity index is 652. The van der Waals surface area contributed by atoms with Crippen LogP contribution in [0.3, 0.4) is 0 Å². The highest BCUT2D eigenvalue weighted by molar-refractivity contribution is 5.37. The van der Waals surface area contributed by atoms with Crippen molar-refractivity contribution in [2.75, 3.05) is 7.11 Å². The van der Waals surface area contributed by atoms with Gasteiger partial charge in [0.2, 0.25) is 0 Å². The van der Waals surface area contributed by atoms with Crippen molar-refractivity contribution in [2.24, 2.45) is 0 Å². The molecule has 0 aliphatic heterocycles. The molecule has 21 heavy (non-hydrogen) atoms. The highest BCUT2D eigenvalue weighted by Crippen LogP contribution is 2.28. The molecule has 1 atom stereocenters. The summed E-state index contributed by atoms with van der Waals surface area (Å²) < 4.78 is 19.1. The van der Waals surface area contributed by atoms with Gasteiger partial charge >= 0.3 is 0 Å². The SMILES string of the molecule is COc1cccc(CC(O)c2ccc3c(c2)CCC3)c1F. The molecule has 2 aromatic rings. The standard InChI is InChI=1S/C18H19FO2/c1-21-17-7-3-6-15(18(17)19)11-16(20)14-9-8-12-4-2-5-13(12)10-14/h3,6-10,16,20H,2,4-5,11H2,1H3. The van der Waals surface area contributed by atoms with Gasteiger partial charge in [0.05, 0.1) is 13.2 Å². The maximum absolute atomic E-state index is 14.1. The Balaban J connectivity index is 1.82. The Morgan fingerprint density at radius 2 is 2.00 bits per heavy atom. The van der Waals surface area contributed by atoms with Gasteiger partial charge in [-0.1, -0.05) is 30.3 Å². The monoisotopic (exact) mass is 286 g/mol. The van der Waals surface area contributed by atoms with Gasteiger partial charge in [-0.25, -0.2) is 4.39 Å². The average Bonchev–Trinajstić information content (AvgIpc) is 2.96. The third-order valence-corrected chi connectivity index (χ3v) is 4.18. The normalized spacial score (nSPS) is 14.8. The lowest BCUT2D eigenvalue weighted by molar-refractivity contribution is 0.176. The second-order valence-corrected chi connectivity index (χ2v) is 5.54. The Morgan fingerprint density at radius 3 is 2.81 bits per heavy atom. The van der Waals surface area contributed by atoms with Crippen LogP contribution < -0.4 is 4.74 Å². The topological polar surface area (TPSA) is 29.5 Å². The zero-order chi connectivity index (χ0) is 14.8. The molecule has 0 saturated carbocycles. The fraction of sp³-hybridized carbons (Fsp3) is 0.333. The third kappa shape index (κ3) is 2.79. The third-order valence-electron chi connectivity index (χ3n) is 4.18. The van der Waals surface area contributed by atoms with Gasteiger partial charge in [0.1, 0.15) is 0 Å². The molecule has 0 spiro atoms. The zero-order valence-electron chi connectivity index (χ0n) is 12.1. The predicted molar refractivity (Wildman–Crippen MR) is 80.1 cm³/mol. The minimum Gasteiger partial charge on any atom is -0.494 e. The Hall–Kier alpha value is -1.87. The molecule has 0 heterocycles. The van der Waals surface area contributed by atoms with E-state index in [0.29, 0.717) is 5.56 Å². The van der Waals surface area contributed by atoms with E-state index in [1.165, 1.54) is 24.7 Å². The number of ether oxygens (including phenoxy) is 1. The predicted octanol–water partition coefficient (Wildman–Crippen LogP) is 3.60. The van der Waals surface area contributed by atoms with E-state index in [2.05, 4.69) is 12.1 Å². The number of hydrogen-bond acceptors (Lipinski definition) is 2. The molecule has 0 radical (unpaired) electrons. The van der Waals surface area contributed by atoms with Gasteiger partial charge in [0.25, 0.3) is 0 Å². The van der Waals surface area contributed by atoms with Crippen LogP contribution in [0.25, 0.3) is 0 Å². The van der Waals surface area contributed by atoms with Crippen LogP contribution in [-0.2, 0) is 19.3 Å². The minimum absolute atomic E-state index is 0.216. The Labute approximate surface area is 124 Å². The van der Waals surface area contributed by atoms with E-state index >= 15 is 0 Å². The lowest BCUT2D eigenvalue weighted by Gasteiger charge is -2.14. The lowest BCUT2D eigenvalue weighted by atomic mass is 9.98. The van der Waals surface area contributed by atoms with Crippen LogP contribution in [0.4, 0.5) is 4.39 Å². The van der Waals surface area contributed by atoms with E-state index < -0.39 is 6.10 Å². The van der Waals surface area contributed by atoms with Crippen molar-refractivity contribution in [1.82, 2.24) is 0 Å². The first-order chi connectivity index (χ1) is 10.2. The molecular weight excluding hydrogens is 267 g/mol. The summed E-state index contributed by atoms with van der Waals surface area (Å²) in [5, 5.41) is 10.4. The number of benzene rings is 2. The summed E-state index contributed by atoms with van der Waals surface area (Å²) in [6.45, 7) is 0. The summed E-state index contributed by atoms with van der Waals surface area (Å²) in [6.07, 6.45) is 2.93. The first-order valence-corrected chi connectivity index (χ1v) is 7.30. The van der Waals surface area contributed by atoms with Crippen molar-refractivity contribution >= 4 is 0 Å². The number of hydrogen-bond donors (Lipinski definition) is 1. The van der Waals surface area contributed by atoms with E-state index in [-0.39, 0.29) is 18.0 Å². The van der Waals surface area contributed by atoms with Gasteiger partial charge < -0.3 is 9.84 Å². The Morgan fingerprint density at radius 1 is 1.19 bits per heavy atom. The van der Waals surface area contributed by atoms with Gasteiger partial charge in [-0.3, -0.25) is 0 Å². The molecule has 1 aliphatic carbocycles. The summed E-state index contributed by atoms with van der Waals surface area (Å²) in [4.78, 5) is 0. The number of rotatable bonds is 4. The van der Waals surface area contributed by atoms with Crippen LogP contribution in [0.5, 0.6) is 5.75 Å². The highest BCUT2D eigenvalue weighted by atomic mass is 19.1. The molecule has 3 heteroatoms. The van der Waals surface area contributed by atoms with Crippen LogP contribution in [0.1, 0.15) is 34.8 Å². The van der Waals surface area contributed by atoms with E-state index in [1.807, 2.05) is 6.07 Å². The van der Waals surface area contributed by atoms with Crippen molar-refractivity contribution in [3.8, 4) is 5.75 Å².